The first-order chi connectivity index (χ1) is 9.90. The number of aliphatic hydroxyl groups is 1. The number of aliphatic hydroxyl groups excluding tert-OH is 1. The van der Waals surface area contributed by atoms with E-state index in [2.05, 4.69) is 4.74 Å². The predicted molar refractivity (Wildman–Crippen MR) is 77.3 cm³/mol. The minimum absolute atomic E-state index is 0.0697. The zero-order chi connectivity index (χ0) is 15.9. The summed E-state index contributed by atoms with van der Waals surface area (Å²) >= 11 is 0. The van der Waals surface area contributed by atoms with Crippen molar-refractivity contribution >= 4 is 18.0 Å². The quantitative estimate of drug-likeness (QED) is 0.608. The highest BCUT2D eigenvalue weighted by Gasteiger charge is 2.29. The molecule has 6 heteroatoms. The van der Waals surface area contributed by atoms with E-state index in [0.717, 1.165) is 0 Å². The van der Waals surface area contributed by atoms with Gasteiger partial charge in [0.2, 0.25) is 5.91 Å². The molecule has 1 heterocycles. The van der Waals surface area contributed by atoms with Gasteiger partial charge in [0.1, 0.15) is 5.76 Å². The van der Waals surface area contributed by atoms with Crippen molar-refractivity contribution in [2.75, 3.05) is 20.3 Å². The molecule has 0 unspecified atom stereocenters. The standard InChI is InChI=1S/C15H21NO5/c1-15(2,11-17)16(9-8-14(19)20-3)13(18)7-6-12-5-4-10-21-12/h4-7,10,17H,8-9,11H2,1-3H3/b7-6+. The maximum Gasteiger partial charge on any atom is 0.307 e. The molecule has 116 valence electrons. The van der Waals surface area contributed by atoms with Crippen LogP contribution in [0.1, 0.15) is 26.0 Å². The summed E-state index contributed by atoms with van der Waals surface area (Å²) in [6, 6.07) is 3.44. The molecule has 0 spiro atoms. The zero-order valence-corrected chi connectivity index (χ0v) is 12.5. The van der Waals surface area contributed by atoms with Crippen LogP contribution in [0.2, 0.25) is 0 Å². The van der Waals surface area contributed by atoms with Crippen molar-refractivity contribution in [3.8, 4) is 0 Å². The second-order valence-electron chi connectivity index (χ2n) is 5.14. The van der Waals surface area contributed by atoms with Gasteiger partial charge in [-0.3, -0.25) is 9.59 Å². The molecule has 0 aliphatic heterocycles. The van der Waals surface area contributed by atoms with Crippen molar-refractivity contribution in [2.24, 2.45) is 0 Å². The smallest absolute Gasteiger partial charge is 0.307 e. The Morgan fingerprint density at radius 1 is 1.48 bits per heavy atom. The van der Waals surface area contributed by atoms with Crippen LogP contribution in [0.3, 0.4) is 0 Å². The maximum absolute atomic E-state index is 12.3. The Bertz CT molecular complexity index is 490. The van der Waals surface area contributed by atoms with Gasteiger partial charge < -0.3 is 19.2 Å². The molecule has 1 aromatic rings. The third kappa shape index (κ3) is 5.07. The molecule has 0 aliphatic carbocycles. The van der Waals surface area contributed by atoms with Gasteiger partial charge in [0, 0.05) is 12.6 Å². The zero-order valence-electron chi connectivity index (χ0n) is 12.5. The first-order valence-electron chi connectivity index (χ1n) is 6.61. The average molecular weight is 295 g/mol. The number of ether oxygens (including phenoxy) is 1. The van der Waals surface area contributed by atoms with Gasteiger partial charge in [-0.1, -0.05) is 0 Å². The van der Waals surface area contributed by atoms with Crippen molar-refractivity contribution < 1.29 is 23.8 Å². The van der Waals surface area contributed by atoms with Gasteiger partial charge in [-0.05, 0) is 32.1 Å². The summed E-state index contributed by atoms with van der Waals surface area (Å²) in [7, 11) is 1.29. The number of hydrogen-bond donors (Lipinski definition) is 1. The SMILES string of the molecule is COC(=O)CCN(C(=O)/C=C/c1ccco1)C(C)(C)CO. The molecule has 0 atom stereocenters. The highest BCUT2D eigenvalue weighted by atomic mass is 16.5. The Kier molecular flexibility index (Phi) is 6.17. The molecule has 1 aromatic heterocycles. The van der Waals surface area contributed by atoms with E-state index in [4.69, 9.17) is 4.42 Å². The van der Waals surface area contributed by atoms with Crippen molar-refractivity contribution in [1.82, 2.24) is 4.90 Å². The summed E-state index contributed by atoms with van der Waals surface area (Å²) < 4.78 is 9.68. The van der Waals surface area contributed by atoms with Crippen LogP contribution in [0.25, 0.3) is 6.08 Å². The van der Waals surface area contributed by atoms with E-state index in [1.54, 1.807) is 32.1 Å². The Hall–Kier alpha value is -2.08. The minimum atomic E-state index is -0.779. The summed E-state index contributed by atoms with van der Waals surface area (Å²) in [5.74, 6) is -0.163. The number of amides is 1. The Labute approximate surface area is 124 Å². The molecule has 1 rings (SSSR count). The largest absolute Gasteiger partial charge is 0.469 e. The van der Waals surface area contributed by atoms with Crippen LogP contribution >= 0.6 is 0 Å². The summed E-state index contributed by atoms with van der Waals surface area (Å²) in [5, 5.41) is 9.44. The van der Waals surface area contributed by atoms with Crippen LogP contribution in [0.15, 0.2) is 28.9 Å². The summed E-state index contributed by atoms with van der Waals surface area (Å²) in [5.41, 5.74) is -0.779. The van der Waals surface area contributed by atoms with E-state index in [1.807, 2.05) is 0 Å². The number of methoxy groups -OCH3 is 1. The average Bonchev–Trinajstić information content (AvgIpc) is 2.98. The third-order valence-corrected chi connectivity index (χ3v) is 3.08. The number of rotatable bonds is 7. The van der Waals surface area contributed by atoms with Crippen molar-refractivity contribution in [1.29, 1.82) is 0 Å². The molecule has 1 amide bonds. The predicted octanol–water partition coefficient (Wildman–Crippen LogP) is 1.46. The lowest BCUT2D eigenvalue weighted by Gasteiger charge is -2.36. The van der Waals surface area contributed by atoms with Crippen LogP contribution in [0, 0.1) is 0 Å². The summed E-state index contributed by atoms with van der Waals surface area (Å²) in [6.45, 7) is 3.40. The molecule has 0 fully saturated rings. The first-order valence-corrected chi connectivity index (χ1v) is 6.61. The third-order valence-electron chi connectivity index (χ3n) is 3.08. The van der Waals surface area contributed by atoms with E-state index in [1.165, 1.54) is 24.3 Å². The number of carbonyl (C=O) groups is 2. The molecule has 1 N–H and O–H groups in total. The second kappa shape index (κ2) is 7.64. The van der Waals surface area contributed by atoms with Crippen molar-refractivity contribution in [3.63, 3.8) is 0 Å². The fraction of sp³-hybridized carbons (Fsp3) is 0.467. The molecule has 21 heavy (non-hydrogen) atoms. The molecular weight excluding hydrogens is 274 g/mol. The Morgan fingerprint density at radius 2 is 2.19 bits per heavy atom. The maximum atomic E-state index is 12.3. The molecular formula is C15H21NO5. The van der Waals surface area contributed by atoms with Crippen LogP contribution < -0.4 is 0 Å². The van der Waals surface area contributed by atoms with Crippen LogP contribution in [-0.2, 0) is 14.3 Å². The van der Waals surface area contributed by atoms with Gasteiger partial charge in [0.25, 0.3) is 0 Å². The van der Waals surface area contributed by atoms with Crippen molar-refractivity contribution in [3.05, 3.63) is 30.2 Å². The lowest BCUT2D eigenvalue weighted by molar-refractivity contribution is -0.142. The number of esters is 1. The fourth-order valence-electron chi connectivity index (χ4n) is 1.73. The van der Waals surface area contributed by atoms with Crippen LogP contribution in [-0.4, -0.2) is 47.7 Å². The number of furan rings is 1. The lowest BCUT2D eigenvalue weighted by Crippen LogP contribution is -2.50. The van der Waals surface area contributed by atoms with Gasteiger partial charge in [-0.15, -0.1) is 0 Å². The minimum Gasteiger partial charge on any atom is -0.469 e. The van der Waals surface area contributed by atoms with Crippen LogP contribution in [0.4, 0.5) is 0 Å². The highest BCUT2D eigenvalue weighted by Crippen LogP contribution is 2.16. The van der Waals surface area contributed by atoms with E-state index >= 15 is 0 Å². The molecule has 0 saturated carbocycles. The van der Waals surface area contributed by atoms with E-state index in [0.29, 0.717) is 5.76 Å². The highest BCUT2D eigenvalue weighted by molar-refractivity contribution is 5.92. The van der Waals surface area contributed by atoms with Gasteiger partial charge in [-0.2, -0.15) is 0 Å². The van der Waals surface area contributed by atoms with Gasteiger partial charge in [0.15, 0.2) is 0 Å². The topological polar surface area (TPSA) is 80.0 Å². The first kappa shape index (κ1) is 17.0. The molecule has 6 nitrogen and oxygen atoms in total. The summed E-state index contributed by atoms with van der Waals surface area (Å²) in [6.07, 6.45) is 4.48. The molecule has 0 aromatic carbocycles. The summed E-state index contributed by atoms with van der Waals surface area (Å²) in [4.78, 5) is 25.0. The molecule has 0 saturated heterocycles. The molecule has 0 aliphatic rings. The Balaban J connectivity index is 2.79. The number of carbonyl (C=O) groups excluding carboxylic acids is 2. The van der Waals surface area contributed by atoms with E-state index in [-0.39, 0.29) is 25.5 Å². The van der Waals surface area contributed by atoms with Crippen molar-refractivity contribution in [2.45, 2.75) is 25.8 Å². The van der Waals surface area contributed by atoms with Crippen LogP contribution in [0.5, 0.6) is 0 Å². The number of hydrogen-bond acceptors (Lipinski definition) is 5. The monoisotopic (exact) mass is 295 g/mol. The van der Waals surface area contributed by atoms with E-state index < -0.39 is 11.5 Å². The molecule has 0 radical (unpaired) electrons. The Morgan fingerprint density at radius 3 is 2.71 bits per heavy atom. The van der Waals surface area contributed by atoms with Gasteiger partial charge in [0.05, 0.1) is 31.9 Å². The molecule has 0 bridgehead atoms. The lowest BCUT2D eigenvalue weighted by atomic mass is 10.0. The van der Waals surface area contributed by atoms with Gasteiger partial charge in [-0.25, -0.2) is 0 Å². The van der Waals surface area contributed by atoms with Gasteiger partial charge >= 0.3 is 5.97 Å². The fourth-order valence-corrected chi connectivity index (χ4v) is 1.73. The second-order valence-corrected chi connectivity index (χ2v) is 5.14. The van der Waals surface area contributed by atoms with E-state index in [9.17, 15) is 14.7 Å². The normalized spacial score (nSPS) is 11.6. The number of nitrogens with zero attached hydrogens (tertiary/aromatic N) is 1.